The Bertz CT molecular complexity index is 981. The van der Waals surface area contributed by atoms with Crippen molar-refractivity contribution < 1.29 is 13.6 Å². The van der Waals surface area contributed by atoms with Crippen molar-refractivity contribution in [3.8, 4) is 11.3 Å². The molecule has 1 unspecified atom stereocenters. The lowest BCUT2D eigenvalue weighted by Crippen LogP contribution is -2.33. The van der Waals surface area contributed by atoms with E-state index in [0.29, 0.717) is 6.54 Å². The van der Waals surface area contributed by atoms with Crippen LogP contribution in [0.1, 0.15) is 11.6 Å². The number of imidazole rings is 1. The minimum absolute atomic E-state index is 0.0378. The number of carbonyl (C=O) groups excluding carboxylic acids is 1. The molecule has 1 atom stereocenters. The van der Waals surface area contributed by atoms with Crippen LogP contribution in [0.25, 0.3) is 11.3 Å². The molecule has 2 heterocycles. The molecule has 2 N–H and O–H groups in total. The van der Waals surface area contributed by atoms with Gasteiger partial charge in [0.25, 0.3) is 0 Å². The van der Waals surface area contributed by atoms with Gasteiger partial charge in [0.05, 0.1) is 28.7 Å². The van der Waals surface area contributed by atoms with Crippen LogP contribution in [0.2, 0.25) is 0 Å². The molecule has 2 aromatic carbocycles. The highest BCUT2D eigenvalue weighted by molar-refractivity contribution is 9.10. The lowest BCUT2D eigenvalue weighted by molar-refractivity contribution is 0.251. The molecule has 26 heavy (non-hydrogen) atoms. The highest BCUT2D eigenvalue weighted by Crippen LogP contribution is 2.38. The molecular formula is C18H13BrF2N4O. The number of amides is 2. The highest BCUT2D eigenvalue weighted by Gasteiger charge is 2.28. The van der Waals surface area contributed by atoms with Crippen molar-refractivity contribution in [2.75, 3.05) is 11.9 Å². The summed E-state index contributed by atoms with van der Waals surface area (Å²) in [6.45, 7) is 0.313. The Balaban J connectivity index is 1.47. The van der Waals surface area contributed by atoms with Gasteiger partial charge < -0.3 is 15.2 Å². The van der Waals surface area contributed by atoms with Gasteiger partial charge in [-0.05, 0) is 33.6 Å². The summed E-state index contributed by atoms with van der Waals surface area (Å²) in [5.74, 6) is -1.57. The van der Waals surface area contributed by atoms with E-state index in [0.717, 1.165) is 29.0 Å². The maximum Gasteiger partial charge on any atom is 0.319 e. The fourth-order valence-corrected chi connectivity index (χ4v) is 3.36. The largest absolute Gasteiger partial charge is 0.335 e. The highest BCUT2D eigenvalue weighted by atomic mass is 79.9. The smallest absolute Gasteiger partial charge is 0.319 e. The van der Waals surface area contributed by atoms with Crippen molar-refractivity contribution in [3.05, 3.63) is 70.6 Å². The molecule has 132 valence electrons. The summed E-state index contributed by atoms with van der Waals surface area (Å²) < 4.78 is 28.8. The number of urea groups is 1. The number of hydrogen-bond donors (Lipinski definition) is 2. The number of nitrogens with one attached hydrogen (secondary N) is 2. The van der Waals surface area contributed by atoms with E-state index in [1.165, 1.54) is 0 Å². The molecule has 0 spiro atoms. The van der Waals surface area contributed by atoms with Gasteiger partial charge in [0.1, 0.15) is 11.6 Å². The Morgan fingerprint density at radius 3 is 2.73 bits per heavy atom. The quantitative estimate of drug-likeness (QED) is 0.622. The molecule has 5 nitrogen and oxygen atoms in total. The van der Waals surface area contributed by atoms with Gasteiger partial charge in [-0.25, -0.2) is 18.6 Å². The van der Waals surface area contributed by atoms with E-state index in [9.17, 15) is 13.6 Å². The maximum absolute atomic E-state index is 13.5. The lowest BCUT2D eigenvalue weighted by atomic mass is 10.0. The minimum atomic E-state index is -0.784. The Hall–Kier alpha value is -2.74. The number of benzene rings is 2. The molecule has 0 saturated carbocycles. The van der Waals surface area contributed by atoms with Crippen molar-refractivity contribution in [2.45, 2.75) is 6.04 Å². The van der Waals surface area contributed by atoms with Crippen molar-refractivity contribution in [2.24, 2.45) is 0 Å². The van der Waals surface area contributed by atoms with Crippen LogP contribution in [0.3, 0.4) is 0 Å². The third-order valence-electron chi connectivity index (χ3n) is 4.30. The van der Waals surface area contributed by atoms with Crippen LogP contribution < -0.4 is 10.6 Å². The number of aromatic nitrogens is 2. The third-order valence-corrected chi connectivity index (χ3v) is 5.05. The Labute approximate surface area is 156 Å². The van der Waals surface area contributed by atoms with E-state index in [4.69, 9.17) is 0 Å². The van der Waals surface area contributed by atoms with Gasteiger partial charge >= 0.3 is 6.03 Å². The normalized spacial score (nSPS) is 14.7. The molecule has 0 aliphatic carbocycles. The molecule has 0 radical (unpaired) electrons. The first-order valence-electron chi connectivity index (χ1n) is 7.85. The number of nitrogens with zero attached hydrogens (tertiary/aromatic N) is 2. The van der Waals surface area contributed by atoms with Crippen LogP contribution in [0.15, 0.2) is 53.4 Å². The molecule has 3 aromatic rings. The molecule has 2 amide bonds. The van der Waals surface area contributed by atoms with Crippen molar-refractivity contribution in [3.63, 3.8) is 0 Å². The van der Waals surface area contributed by atoms with E-state index in [1.54, 1.807) is 12.5 Å². The van der Waals surface area contributed by atoms with Crippen molar-refractivity contribution >= 4 is 27.6 Å². The zero-order valence-corrected chi connectivity index (χ0v) is 14.9. The van der Waals surface area contributed by atoms with Crippen molar-refractivity contribution in [1.82, 2.24) is 14.9 Å². The molecule has 0 bridgehead atoms. The number of rotatable bonds is 3. The summed E-state index contributed by atoms with van der Waals surface area (Å²) in [5.41, 5.74) is 3.20. The summed E-state index contributed by atoms with van der Waals surface area (Å²) in [6, 6.07) is 9.37. The lowest BCUT2D eigenvalue weighted by Gasteiger charge is -2.16. The van der Waals surface area contributed by atoms with Gasteiger partial charge in [0, 0.05) is 17.8 Å². The fourth-order valence-electron chi connectivity index (χ4n) is 3.13. The molecule has 1 aromatic heterocycles. The van der Waals surface area contributed by atoms with Crippen LogP contribution in [0.4, 0.5) is 19.3 Å². The second-order valence-corrected chi connectivity index (χ2v) is 6.67. The summed E-state index contributed by atoms with van der Waals surface area (Å²) in [5, 5.41) is 5.18. The zero-order valence-electron chi connectivity index (χ0n) is 13.3. The summed E-state index contributed by atoms with van der Waals surface area (Å²) in [7, 11) is 0. The topological polar surface area (TPSA) is 59.0 Å². The standard InChI is InChI=1S/C18H13BrF2N4O/c19-17-13(20)5-10(6-14(17)21)24-18(26)23-8-16-12-4-2-1-3-11(12)15-7-22-9-25(15)16/h1-7,9,16H,8H2,(H2,23,24,26). The van der Waals surface area contributed by atoms with Gasteiger partial charge in [-0.15, -0.1) is 0 Å². The first kappa shape index (κ1) is 16.7. The van der Waals surface area contributed by atoms with Gasteiger partial charge in [0.15, 0.2) is 0 Å². The summed E-state index contributed by atoms with van der Waals surface area (Å²) in [4.78, 5) is 16.3. The Morgan fingerprint density at radius 2 is 1.96 bits per heavy atom. The SMILES string of the molecule is O=C(NCC1c2ccccc2-c2cncn21)Nc1cc(F)c(Br)c(F)c1. The van der Waals surface area contributed by atoms with Crippen LogP contribution in [0.5, 0.6) is 0 Å². The molecule has 1 aliphatic rings. The Morgan fingerprint density at radius 1 is 1.23 bits per heavy atom. The van der Waals surface area contributed by atoms with Gasteiger partial charge in [0.2, 0.25) is 0 Å². The molecule has 1 aliphatic heterocycles. The van der Waals surface area contributed by atoms with E-state index in [2.05, 4.69) is 31.5 Å². The monoisotopic (exact) mass is 418 g/mol. The first-order chi connectivity index (χ1) is 12.5. The van der Waals surface area contributed by atoms with E-state index < -0.39 is 17.7 Å². The number of anilines is 1. The van der Waals surface area contributed by atoms with Crippen LogP contribution in [-0.2, 0) is 0 Å². The van der Waals surface area contributed by atoms with Gasteiger partial charge in [-0.1, -0.05) is 24.3 Å². The molecular weight excluding hydrogens is 406 g/mol. The maximum atomic E-state index is 13.5. The average molecular weight is 419 g/mol. The fraction of sp³-hybridized carbons (Fsp3) is 0.111. The predicted octanol–water partition coefficient (Wildman–Crippen LogP) is 4.32. The summed E-state index contributed by atoms with van der Waals surface area (Å²) in [6.07, 6.45) is 3.51. The average Bonchev–Trinajstić information content (AvgIpc) is 3.19. The number of fused-ring (bicyclic) bond motifs is 3. The molecule has 4 rings (SSSR count). The molecule has 0 saturated heterocycles. The predicted molar refractivity (Wildman–Crippen MR) is 96.9 cm³/mol. The van der Waals surface area contributed by atoms with Crippen LogP contribution in [0, 0.1) is 11.6 Å². The number of carbonyl (C=O) groups is 1. The Kier molecular flexibility index (Phi) is 4.20. The van der Waals surface area contributed by atoms with Gasteiger partial charge in [-0.2, -0.15) is 0 Å². The second-order valence-electron chi connectivity index (χ2n) is 5.88. The van der Waals surface area contributed by atoms with E-state index in [-0.39, 0.29) is 16.2 Å². The second kappa shape index (κ2) is 6.53. The van der Waals surface area contributed by atoms with Crippen molar-refractivity contribution in [1.29, 1.82) is 0 Å². The number of halogens is 3. The number of hydrogen-bond acceptors (Lipinski definition) is 2. The molecule has 0 fully saturated rings. The summed E-state index contributed by atoms with van der Waals surface area (Å²) >= 11 is 2.79. The van der Waals surface area contributed by atoms with E-state index in [1.807, 2.05) is 28.8 Å². The first-order valence-corrected chi connectivity index (χ1v) is 8.64. The van der Waals surface area contributed by atoms with Crippen LogP contribution in [-0.4, -0.2) is 22.1 Å². The van der Waals surface area contributed by atoms with Gasteiger partial charge in [-0.3, -0.25) is 0 Å². The van der Waals surface area contributed by atoms with Crippen LogP contribution >= 0.6 is 15.9 Å². The van der Waals surface area contributed by atoms with E-state index >= 15 is 0 Å². The zero-order chi connectivity index (χ0) is 18.3. The molecule has 8 heteroatoms. The minimum Gasteiger partial charge on any atom is -0.335 e. The third kappa shape index (κ3) is 2.86.